The average Bonchev–Trinajstić information content (AvgIpc) is 3.54. The van der Waals surface area contributed by atoms with E-state index in [1.165, 1.54) is 0 Å². The molecule has 0 saturated heterocycles. The molecular formula is C30H25N5O4. The van der Waals surface area contributed by atoms with Crippen LogP contribution in [0.15, 0.2) is 60.8 Å². The lowest BCUT2D eigenvalue weighted by atomic mass is 10.1. The molecule has 3 amide bonds. The first-order valence-corrected chi connectivity index (χ1v) is 12.8. The first-order valence-electron chi connectivity index (χ1n) is 12.8. The summed E-state index contributed by atoms with van der Waals surface area (Å²) in [5, 5.41) is 13.8. The minimum Gasteiger partial charge on any atom is -0.447 e. The van der Waals surface area contributed by atoms with Crippen molar-refractivity contribution in [1.29, 1.82) is 5.26 Å². The van der Waals surface area contributed by atoms with Crippen molar-refractivity contribution >= 4 is 34.6 Å². The van der Waals surface area contributed by atoms with E-state index in [2.05, 4.69) is 20.9 Å². The molecule has 0 spiro atoms. The van der Waals surface area contributed by atoms with Crippen molar-refractivity contribution in [3.05, 3.63) is 94.3 Å². The Balaban J connectivity index is 1.41. The van der Waals surface area contributed by atoms with Crippen molar-refractivity contribution < 1.29 is 19.1 Å². The molecule has 194 valence electrons. The van der Waals surface area contributed by atoms with Crippen LogP contribution in [0.4, 0.5) is 10.6 Å². The number of imide groups is 1. The van der Waals surface area contributed by atoms with Crippen molar-refractivity contribution in [1.82, 2.24) is 14.9 Å². The third kappa shape index (κ3) is 4.01. The highest BCUT2D eigenvalue weighted by Gasteiger charge is 2.38. The number of para-hydroxylation sites is 1. The monoisotopic (exact) mass is 519 g/mol. The highest BCUT2D eigenvalue weighted by molar-refractivity contribution is 6.34. The van der Waals surface area contributed by atoms with Gasteiger partial charge in [-0.05, 0) is 50.1 Å². The third-order valence-corrected chi connectivity index (χ3v) is 7.18. The van der Waals surface area contributed by atoms with Gasteiger partial charge in [-0.2, -0.15) is 5.26 Å². The number of ether oxygens (including phenoxy) is 1. The Bertz CT molecular complexity index is 1680. The Hall–Kier alpha value is -4.97. The number of nitrogens with zero attached hydrogens (tertiary/aromatic N) is 4. The highest BCUT2D eigenvalue weighted by Crippen LogP contribution is 2.37. The molecule has 39 heavy (non-hydrogen) atoms. The van der Waals surface area contributed by atoms with Gasteiger partial charge < -0.3 is 14.6 Å². The van der Waals surface area contributed by atoms with E-state index >= 15 is 0 Å². The van der Waals surface area contributed by atoms with Gasteiger partial charge in [-0.3, -0.25) is 9.59 Å². The predicted octanol–water partition coefficient (Wildman–Crippen LogP) is 4.36. The van der Waals surface area contributed by atoms with E-state index in [0.717, 1.165) is 27.1 Å². The Kier molecular flexibility index (Phi) is 5.88. The summed E-state index contributed by atoms with van der Waals surface area (Å²) < 4.78 is 7.33. The number of carbonyl (C=O) groups excluding carboxylic acids is 3. The maximum absolute atomic E-state index is 13.2. The van der Waals surface area contributed by atoms with Gasteiger partial charge >= 0.3 is 6.09 Å². The van der Waals surface area contributed by atoms with Crippen LogP contribution in [-0.4, -0.2) is 39.6 Å². The quantitative estimate of drug-likeness (QED) is 0.392. The fraction of sp³-hybridized carbons (Fsp3) is 0.233. The van der Waals surface area contributed by atoms with Crippen molar-refractivity contribution in [3.63, 3.8) is 0 Å². The van der Waals surface area contributed by atoms with Crippen molar-refractivity contribution in [2.24, 2.45) is 0 Å². The fourth-order valence-electron chi connectivity index (χ4n) is 5.63. The summed E-state index contributed by atoms with van der Waals surface area (Å²) in [4.78, 5) is 44.4. The van der Waals surface area contributed by atoms with Gasteiger partial charge in [-0.1, -0.05) is 30.3 Å². The Morgan fingerprint density at radius 2 is 1.82 bits per heavy atom. The van der Waals surface area contributed by atoms with Crippen LogP contribution in [0.1, 0.15) is 56.9 Å². The molecule has 9 heteroatoms. The van der Waals surface area contributed by atoms with E-state index in [0.29, 0.717) is 35.1 Å². The number of carbonyl (C=O) groups is 3. The van der Waals surface area contributed by atoms with Crippen molar-refractivity contribution in [2.75, 3.05) is 4.90 Å². The first-order chi connectivity index (χ1) is 18.9. The standard InChI is InChI=1S/C30H25N5O4/c1-17(2)39-30(38)33-20-13-24-21-11-5-7-18(15-31)26(21)34(25(24)14-20)16-19-8-6-12-32-27(19)35-28(36)22-9-3-4-10-23(22)29(35)37/h3-12,17,20H,13-14,16H2,1-2H3,(H,33,38). The lowest BCUT2D eigenvalue weighted by Gasteiger charge is -2.19. The number of nitriles is 1. The zero-order valence-corrected chi connectivity index (χ0v) is 21.5. The summed E-state index contributed by atoms with van der Waals surface area (Å²) in [7, 11) is 0. The molecule has 0 saturated carbocycles. The number of anilines is 1. The SMILES string of the molecule is CC(C)OC(=O)NC1Cc2c(n(Cc3cccnc3N3C(=O)c4ccccc4C3=O)c3c(C#N)cccc23)C1. The molecule has 3 heterocycles. The third-order valence-electron chi connectivity index (χ3n) is 7.18. The van der Waals surface area contributed by atoms with Crippen molar-refractivity contribution in [3.8, 4) is 6.07 Å². The van der Waals surface area contributed by atoms with Crippen LogP contribution in [0.3, 0.4) is 0 Å². The molecule has 2 aromatic carbocycles. The van der Waals surface area contributed by atoms with E-state index < -0.39 is 17.9 Å². The van der Waals surface area contributed by atoms with Crippen LogP contribution in [-0.2, 0) is 24.1 Å². The number of hydrogen-bond acceptors (Lipinski definition) is 6. The summed E-state index contributed by atoms with van der Waals surface area (Å²) in [6.07, 6.45) is 2.01. The molecule has 0 bridgehead atoms. The number of pyridine rings is 1. The fourth-order valence-corrected chi connectivity index (χ4v) is 5.63. The zero-order valence-electron chi connectivity index (χ0n) is 21.5. The maximum atomic E-state index is 13.2. The van der Waals surface area contributed by atoms with Gasteiger partial charge in [0, 0.05) is 35.3 Å². The average molecular weight is 520 g/mol. The summed E-state index contributed by atoms with van der Waals surface area (Å²) in [5.41, 5.74) is 4.71. The second-order valence-corrected chi connectivity index (χ2v) is 10.0. The lowest BCUT2D eigenvalue weighted by Crippen LogP contribution is -2.37. The van der Waals surface area contributed by atoms with Gasteiger partial charge in [-0.25, -0.2) is 14.7 Å². The molecule has 1 aliphatic carbocycles. The number of fused-ring (bicyclic) bond motifs is 4. The first kappa shape index (κ1) is 24.4. The molecule has 1 aliphatic heterocycles. The van der Waals surface area contributed by atoms with Gasteiger partial charge in [0.1, 0.15) is 11.9 Å². The summed E-state index contributed by atoms with van der Waals surface area (Å²) in [5.74, 6) is -0.561. The highest BCUT2D eigenvalue weighted by atomic mass is 16.6. The van der Waals surface area contributed by atoms with Gasteiger partial charge in [0.25, 0.3) is 11.8 Å². The number of amides is 3. The summed E-state index contributed by atoms with van der Waals surface area (Å²) >= 11 is 0. The van der Waals surface area contributed by atoms with Crippen LogP contribution in [0.2, 0.25) is 0 Å². The van der Waals surface area contributed by atoms with Gasteiger partial charge in [0.2, 0.25) is 0 Å². The normalized spacial score (nSPS) is 15.9. The molecule has 0 fully saturated rings. The molecule has 9 nitrogen and oxygen atoms in total. The van der Waals surface area contributed by atoms with Gasteiger partial charge in [0.05, 0.1) is 34.9 Å². The minimum atomic E-state index is -0.464. The Morgan fingerprint density at radius 1 is 1.08 bits per heavy atom. The van der Waals surface area contributed by atoms with Crippen LogP contribution in [0.5, 0.6) is 0 Å². The molecular weight excluding hydrogens is 494 g/mol. The molecule has 1 N–H and O–H groups in total. The summed E-state index contributed by atoms with van der Waals surface area (Å²) in [6.45, 7) is 3.88. The number of nitrogens with one attached hydrogen (secondary N) is 1. The van der Waals surface area contributed by atoms with Gasteiger partial charge in [0.15, 0.2) is 0 Å². The number of benzene rings is 2. The topological polar surface area (TPSA) is 117 Å². The number of hydrogen-bond donors (Lipinski definition) is 1. The molecule has 2 aromatic heterocycles. The smallest absolute Gasteiger partial charge is 0.407 e. The Labute approximate surface area is 224 Å². The number of rotatable bonds is 5. The maximum Gasteiger partial charge on any atom is 0.407 e. The van der Waals surface area contributed by atoms with Crippen LogP contribution >= 0.6 is 0 Å². The van der Waals surface area contributed by atoms with Crippen molar-refractivity contribution in [2.45, 2.75) is 45.4 Å². The predicted molar refractivity (Wildman–Crippen MR) is 144 cm³/mol. The van der Waals surface area contributed by atoms with Crippen LogP contribution in [0, 0.1) is 11.3 Å². The van der Waals surface area contributed by atoms with Gasteiger partial charge in [-0.15, -0.1) is 0 Å². The van der Waals surface area contributed by atoms with Crippen LogP contribution < -0.4 is 10.2 Å². The zero-order chi connectivity index (χ0) is 27.3. The number of alkyl carbamates (subject to hydrolysis) is 1. The molecule has 1 unspecified atom stereocenters. The Morgan fingerprint density at radius 3 is 2.51 bits per heavy atom. The second kappa shape index (κ2) is 9.40. The molecule has 1 atom stereocenters. The van der Waals surface area contributed by atoms with E-state index in [4.69, 9.17) is 4.74 Å². The van der Waals surface area contributed by atoms with E-state index in [1.807, 2.05) is 18.2 Å². The minimum absolute atomic E-state index is 0.160. The number of aromatic nitrogens is 2. The van der Waals surface area contributed by atoms with E-state index in [9.17, 15) is 19.6 Å². The lowest BCUT2D eigenvalue weighted by molar-refractivity contribution is 0.0924. The summed E-state index contributed by atoms with van der Waals surface area (Å²) in [6, 6.07) is 18.1. The molecule has 6 rings (SSSR count). The van der Waals surface area contributed by atoms with Crippen LogP contribution in [0.25, 0.3) is 10.9 Å². The van der Waals surface area contributed by atoms with E-state index in [-0.39, 0.29) is 24.5 Å². The molecule has 4 aromatic rings. The largest absolute Gasteiger partial charge is 0.447 e. The second-order valence-electron chi connectivity index (χ2n) is 10.0. The molecule has 0 radical (unpaired) electrons. The molecule has 2 aliphatic rings. The van der Waals surface area contributed by atoms with E-state index in [1.54, 1.807) is 56.4 Å².